The summed E-state index contributed by atoms with van der Waals surface area (Å²) in [5.41, 5.74) is 22.3. The highest BCUT2D eigenvalue weighted by Crippen LogP contribution is 2.60. The van der Waals surface area contributed by atoms with Crippen molar-refractivity contribution in [2.24, 2.45) is 0 Å². The van der Waals surface area contributed by atoms with Crippen molar-refractivity contribution >= 4 is 48.6 Å². The van der Waals surface area contributed by atoms with Gasteiger partial charge >= 0.3 is 0 Å². The molecule has 0 saturated heterocycles. The Bertz CT molecular complexity index is 3460. The zero-order valence-electron chi connectivity index (χ0n) is 34.8. The van der Waals surface area contributed by atoms with E-state index in [2.05, 4.69) is 219 Å². The number of thiophene rings is 1. The Balaban J connectivity index is 0.987. The molecule has 0 saturated carbocycles. The minimum absolute atomic E-state index is 0.107. The van der Waals surface area contributed by atoms with Gasteiger partial charge in [0.15, 0.2) is 0 Å². The summed E-state index contributed by atoms with van der Waals surface area (Å²) in [6.07, 6.45) is 2.16. The summed E-state index contributed by atoms with van der Waals surface area (Å²) in [6, 6.07) is 75.5. The van der Waals surface area contributed by atoms with Crippen LogP contribution < -0.4 is 4.90 Å². The second-order valence-electron chi connectivity index (χ2n) is 17.9. The lowest BCUT2D eigenvalue weighted by molar-refractivity contribution is 0.626. The lowest BCUT2D eigenvalue weighted by atomic mass is 9.73. The van der Waals surface area contributed by atoms with Crippen LogP contribution in [-0.2, 0) is 17.3 Å². The van der Waals surface area contributed by atoms with E-state index in [1.165, 1.54) is 109 Å². The van der Waals surface area contributed by atoms with Crippen LogP contribution in [0.5, 0.6) is 0 Å². The van der Waals surface area contributed by atoms with Crippen molar-refractivity contribution in [2.45, 2.75) is 37.5 Å². The second-order valence-corrected chi connectivity index (χ2v) is 19.0. The first-order valence-corrected chi connectivity index (χ1v) is 22.8. The summed E-state index contributed by atoms with van der Waals surface area (Å²) in [7, 11) is 0. The first-order chi connectivity index (χ1) is 30.5. The van der Waals surface area contributed by atoms with E-state index in [0.717, 1.165) is 18.5 Å². The van der Waals surface area contributed by atoms with Gasteiger partial charge in [-0.1, -0.05) is 178 Å². The zero-order valence-corrected chi connectivity index (χ0v) is 35.6. The van der Waals surface area contributed by atoms with Gasteiger partial charge in [-0.05, 0) is 127 Å². The molecule has 1 aromatic heterocycles. The molecule has 1 heterocycles. The molecule has 1 atom stereocenters. The molecule has 0 N–H and O–H groups in total. The molecule has 2 heteroatoms. The normalized spacial score (nSPS) is 16.3. The number of rotatable bonds is 5. The van der Waals surface area contributed by atoms with E-state index >= 15 is 0 Å². The molecular formula is C60H43NS. The van der Waals surface area contributed by atoms with Crippen LogP contribution in [0.1, 0.15) is 53.6 Å². The van der Waals surface area contributed by atoms with Crippen LogP contribution in [0, 0.1) is 0 Å². The van der Waals surface area contributed by atoms with Gasteiger partial charge in [0.25, 0.3) is 0 Å². The van der Waals surface area contributed by atoms with E-state index in [1.807, 2.05) is 11.3 Å². The van der Waals surface area contributed by atoms with Gasteiger partial charge in [0.2, 0.25) is 0 Å². The third-order valence-electron chi connectivity index (χ3n) is 14.5. The average Bonchev–Trinajstić information content (AvgIpc) is 4.05. The van der Waals surface area contributed by atoms with Crippen molar-refractivity contribution in [3.05, 3.63) is 234 Å². The Morgan fingerprint density at radius 2 is 1.02 bits per heavy atom. The molecule has 0 fully saturated rings. The van der Waals surface area contributed by atoms with Crippen molar-refractivity contribution < 1.29 is 0 Å². The minimum Gasteiger partial charge on any atom is -0.309 e. The number of hydrogen-bond donors (Lipinski definition) is 0. The van der Waals surface area contributed by atoms with Gasteiger partial charge < -0.3 is 4.90 Å². The largest absolute Gasteiger partial charge is 0.309 e. The molecule has 0 aliphatic heterocycles. The van der Waals surface area contributed by atoms with Gasteiger partial charge in [-0.2, -0.15) is 0 Å². The van der Waals surface area contributed by atoms with Gasteiger partial charge in [-0.15, -0.1) is 11.3 Å². The molecule has 1 spiro atoms. The number of hydrogen-bond acceptors (Lipinski definition) is 2. The molecule has 9 aromatic carbocycles. The molecule has 1 nitrogen and oxygen atoms in total. The summed E-state index contributed by atoms with van der Waals surface area (Å²) in [6.45, 7) is 4.77. The van der Waals surface area contributed by atoms with Gasteiger partial charge in [-0.25, -0.2) is 0 Å². The fraction of sp³-hybridized carbons (Fsp3) is 0.100. The first-order valence-electron chi connectivity index (χ1n) is 22.0. The SMILES string of the molecule is CC1(C)c2ccccc2-c2cccc(-c3ccccc3-c3ccc(N(c4ccc5c(c4)C4(CCc6ccccc64)c4ccccc4-5)c4cccc5c4sc4ccccc45)cc3)c21. The third kappa shape index (κ3) is 4.90. The van der Waals surface area contributed by atoms with Crippen molar-refractivity contribution in [1.29, 1.82) is 0 Å². The monoisotopic (exact) mass is 809 g/mol. The average molecular weight is 810 g/mol. The summed E-state index contributed by atoms with van der Waals surface area (Å²) < 4.78 is 2.61. The van der Waals surface area contributed by atoms with E-state index in [1.54, 1.807) is 0 Å². The molecule has 3 aliphatic carbocycles. The van der Waals surface area contributed by atoms with Crippen LogP contribution in [0.15, 0.2) is 200 Å². The number of nitrogens with zero attached hydrogens (tertiary/aromatic N) is 1. The van der Waals surface area contributed by atoms with Crippen LogP contribution in [0.25, 0.3) is 64.7 Å². The van der Waals surface area contributed by atoms with Gasteiger partial charge in [0.05, 0.1) is 10.4 Å². The molecule has 3 aliphatic rings. The molecule has 294 valence electrons. The Labute approximate surface area is 367 Å². The van der Waals surface area contributed by atoms with Crippen LogP contribution in [0.3, 0.4) is 0 Å². The van der Waals surface area contributed by atoms with Crippen molar-refractivity contribution in [2.75, 3.05) is 4.90 Å². The maximum Gasteiger partial charge on any atom is 0.0640 e. The van der Waals surface area contributed by atoms with Crippen LogP contribution >= 0.6 is 11.3 Å². The number of fused-ring (bicyclic) bond motifs is 13. The Morgan fingerprint density at radius 3 is 1.84 bits per heavy atom. The summed E-state index contributed by atoms with van der Waals surface area (Å²) in [5, 5.41) is 2.61. The number of anilines is 3. The van der Waals surface area contributed by atoms with Gasteiger partial charge in [-0.3, -0.25) is 0 Å². The molecule has 1 unspecified atom stereocenters. The Morgan fingerprint density at radius 1 is 0.435 bits per heavy atom. The Hall–Kier alpha value is -7.00. The standard InChI is InChI=1S/C60H43NS/c1-59(2)52-25-10-6-19-45(52)49-22-13-21-48(57(49)59)43-17-5-4-16-42(43)38-29-31-40(32-30-38)61(55-27-14-23-50-47-20-8-12-28-56(47)62-58(50)55)41-33-34-46-44-18-7-11-26-53(44)60(54(46)37-41)36-35-39-15-3-9-24-51(39)60/h3-34,37H,35-36H2,1-2H3. The first kappa shape index (κ1) is 35.7. The van der Waals surface area contributed by atoms with Crippen LogP contribution in [-0.4, -0.2) is 0 Å². The highest BCUT2D eigenvalue weighted by Gasteiger charge is 2.48. The van der Waals surface area contributed by atoms with Crippen LogP contribution in [0.4, 0.5) is 17.1 Å². The lowest BCUT2D eigenvalue weighted by Gasteiger charge is -2.31. The third-order valence-corrected chi connectivity index (χ3v) is 15.7. The molecule has 13 rings (SSSR count). The van der Waals surface area contributed by atoms with Gasteiger partial charge in [0.1, 0.15) is 0 Å². The molecule has 62 heavy (non-hydrogen) atoms. The minimum atomic E-state index is -0.172. The quantitative estimate of drug-likeness (QED) is 0.167. The van der Waals surface area contributed by atoms with Crippen molar-refractivity contribution in [3.63, 3.8) is 0 Å². The highest BCUT2D eigenvalue weighted by molar-refractivity contribution is 7.26. The predicted octanol–water partition coefficient (Wildman–Crippen LogP) is 16.4. The molecule has 10 aromatic rings. The predicted molar refractivity (Wildman–Crippen MR) is 263 cm³/mol. The van der Waals surface area contributed by atoms with Crippen LogP contribution in [0.2, 0.25) is 0 Å². The lowest BCUT2D eigenvalue weighted by Crippen LogP contribution is -2.24. The maximum absolute atomic E-state index is 2.53. The smallest absolute Gasteiger partial charge is 0.0640 e. The maximum atomic E-state index is 2.53. The zero-order chi connectivity index (χ0) is 41.2. The number of benzene rings is 9. The fourth-order valence-electron chi connectivity index (χ4n) is 11.8. The summed E-state index contributed by atoms with van der Waals surface area (Å²) >= 11 is 1.89. The topological polar surface area (TPSA) is 3.24 Å². The second kappa shape index (κ2) is 13.2. The van der Waals surface area contributed by atoms with E-state index in [9.17, 15) is 0 Å². The molecule has 0 radical (unpaired) electrons. The molecule has 0 bridgehead atoms. The highest BCUT2D eigenvalue weighted by atomic mass is 32.1. The Kier molecular flexibility index (Phi) is 7.63. The van der Waals surface area contributed by atoms with Gasteiger partial charge in [0, 0.05) is 37.7 Å². The van der Waals surface area contributed by atoms with E-state index < -0.39 is 0 Å². The summed E-state index contributed by atoms with van der Waals surface area (Å²) in [4.78, 5) is 2.52. The number of aryl methyl sites for hydroxylation is 1. The molecular weight excluding hydrogens is 767 g/mol. The van der Waals surface area contributed by atoms with Crippen molar-refractivity contribution in [3.8, 4) is 44.5 Å². The van der Waals surface area contributed by atoms with E-state index in [0.29, 0.717) is 0 Å². The fourth-order valence-corrected chi connectivity index (χ4v) is 13.0. The van der Waals surface area contributed by atoms with Crippen molar-refractivity contribution in [1.82, 2.24) is 0 Å². The molecule has 0 amide bonds. The van der Waals surface area contributed by atoms with E-state index in [4.69, 9.17) is 0 Å². The summed E-state index contributed by atoms with van der Waals surface area (Å²) in [5.74, 6) is 0. The van der Waals surface area contributed by atoms with E-state index in [-0.39, 0.29) is 10.8 Å².